The van der Waals surface area contributed by atoms with Gasteiger partial charge < -0.3 is 18.9 Å². The third-order valence-electron chi connectivity index (χ3n) is 3.57. The minimum atomic E-state index is -3.43. The van der Waals surface area contributed by atoms with Crippen molar-refractivity contribution in [3.8, 4) is 0 Å². The Labute approximate surface area is 137 Å². The van der Waals surface area contributed by atoms with Crippen LogP contribution in [0.4, 0.5) is 0 Å². The number of hydrogen-bond acceptors (Lipinski definition) is 7. The largest absolute Gasteiger partial charge is 0.374 e. The highest BCUT2D eigenvalue weighted by molar-refractivity contribution is 8.07. The van der Waals surface area contributed by atoms with E-state index in [4.69, 9.17) is 30.3 Å². The molecule has 1 fully saturated rings. The van der Waals surface area contributed by atoms with Crippen LogP contribution in [0.15, 0.2) is 21.9 Å². The summed E-state index contributed by atoms with van der Waals surface area (Å²) in [7, 11) is 2.68. The molecule has 1 aromatic rings. The Morgan fingerprint density at radius 3 is 2.65 bits per heavy atom. The van der Waals surface area contributed by atoms with Crippen molar-refractivity contribution < 1.29 is 23.4 Å². The topological polar surface area (TPSA) is 112 Å². The first-order chi connectivity index (χ1) is 10.8. The Balaban J connectivity index is 2.37. The zero-order valence-corrected chi connectivity index (χ0v) is 14.6. The maximum atomic E-state index is 12.0. The standard InChI is InChI=1S/C12H19N2O7PS/c1-4-7-9(21-22(17,23)19-3)10(18-2)11(20-7)14-6-5-8(15)13-12(14)16/h5-7,9-11H,4H2,1-3H3,(H,17,23)(H,13,15,16)/t7-,9?,10?,11-,22?/m1/s1. The van der Waals surface area contributed by atoms with E-state index in [1.54, 1.807) is 0 Å². The van der Waals surface area contributed by atoms with E-state index in [2.05, 4.69) is 4.98 Å². The van der Waals surface area contributed by atoms with E-state index in [-0.39, 0.29) is 0 Å². The highest BCUT2D eigenvalue weighted by Crippen LogP contribution is 2.48. The lowest BCUT2D eigenvalue weighted by atomic mass is 10.1. The van der Waals surface area contributed by atoms with Crippen LogP contribution in [0, 0.1) is 0 Å². The fourth-order valence-corrected chi connectivity index (χ4v) is 3.41. The van der Waals surface area contributed by atoms with Gasteiger partial charge >= 0.3 is 12.4 Å². The maximum absolute atomic E-state index is 12.0. The van der Waals surface area contributed by atoms with Crippen LogP contribution in [0.2, 0.25) is 0 Å². The van der Waals surface area contributed by atoms with Crippen molar-refractivity contribution in [3.63, 3.8) is 0 Å². The summed E-state index contributed by atoms with van der Waals surface area (Å²) in [6, 6.07) is 1.21. The van der Waals surface area contributed by atoms with Gasteiger partial charge in [-0.1, -0.05) is 6.92 Å². The van der Waals surface area contributed by atoms with E-state index < -0.39 is 42.5 Å². The average Bonchev–Trinajstić information content (AvgIpc) is 2.84. The van der Waals surface area contributed by atoms with E-state index in [1.807, 2.05) is 6.92 Å². The van der Waals surface area contributed by atoms with E-state index in [9.17, 15) is 14.5 Å². The van der Waals surface area contributed by atoms with Gasteiger partial charge in [-0.2, -0.15) is 0 Å². The molecule has 0 radical (unpaired) electrons. The highest BCUT2D eigenvalue weighted by atomic mass is 32.5. The van der Waals surface area contributed by atoms with Gasteiger partial charge in [0.1, 0.15) is 12.2 Å². The number of nitrogens with zero attached hydrogens (tertiary/aromatic N) is 1. The monoisotopic (exact) mass is 366 g/mol. The van der Waals surface area contributed by atoms with Gasteiger partial charge in [-0.3, -0.25) is 18.9 Å². The smallest absolute Gasteiger partial charge is 0.330 e. The van der Waals surface area contributed by atoms with Gasteiger partial charge in [0.05, 0.1) is 6.10 Å². The van der Waals surface area contributed by atoms with E-state index >= 15 is 0 Å². The first-order valence-electron chi connectivity index (χ1n) is 6.89. The molecule has 0 bridgehead atoms. The van der Waals surface area contributed by atoms with Crippen molar-refractivity contribution in [1.29, 1.82) is 0 Å². The van der Waals surface area contributed by atoms with Crippen LogP contribution >= 0.6 is 6.72 Å². The Bertz CT molecular complexity index is 705. The number of aromatic amines is 1. The summed E-state index contributed by atoms with van der Waals surface area (Å²) in [4.78, 5) is 35.2. The third kappa shape index (κ3) is 3.97. The lowest BCUT2D eigenvalue weighted by molar-refractivity contribution is -0.0539. The van der Waals surface area contributed by atoms with Gasteiger partial charge in [-0.05, 0) is 18.2 Å². The molecule has 0 aromatic carbocycles. The van der Waals surface area contributed by atoms with Crippen LogP contribution in [0.5, 0.6) is 0 Å². The number of hydrogen-bond donors (Lipinski definition) is 2. The molecule has 0 spiro atoms. The molecular weight excluding hydrogens is 347 g/mol. The number of methoxy groups -OCH3 is 1. The van der Waals surface area contributed by atoms with E-state index in [0.717, 1.165) is 0 Å². The minimum absolute atomic E-state index is 0.464. The van der Waals surface area contributed by atoms with Gasteiger partial charge in [0.25, 0.3) is 5.56 Å². The molecule has 2 heterocycles. The molecule has 23 heavy (non-hydrogen) atoms. The SMILES string of the molecule is CC[C@H]1O[C@@H](n2ccc(=O)[nH]c2=O)C(OC)C1OP(O)(=S)OC. The fourth-order valence-electron chi connectivity index (χ4n) is 2.46. The average molecular weight is 366 g/mol. The predicted molar refractivity (Wildman–Crippen MR) is 84.7 cm³/mol. The molecule has 0 amide bonds. The minimum Gasteiger partial charge on any atom is -0.374 e. The van der Waals surface area contributed by atoms with Crippen molar-refractivity contribution in [2.45, 2.75) is 37.9 Å². The normalized spacial score (nSPS) is 30.3. The van der Waals surface area contributed by atoms with Crippen molar-refractivity contribution in [1.82, 2.24) is 9.55 Å². The molecule has 0 saturated carbocycles. The predicted octanol–water partition coefficient (Wildman–Crippen LogP) is 0.107. The quantitative estimate of drug-likeness (QED) is 0.682. The summed E-state index contributed by atoms with van der Waals surface area (Å²) in [5.74, 6) is 0. The van der Waals surface area contributed by atoms with Crippen LogP contribution < -0.4 is 11.2 Å². The Kier molecular flexibility index (Phi) is 5.90. The molecule has 11 heteroatoms. The van der Waals surface area contributed by atoms with Crippen molar-refractivity contribution in [2.75, 3.05) is 14.2 Å². The highest BCUT2D eigenvalue weighted by Gasteiger charge is 2.48. The van der Waals surface area contributed by atoms with E-state index in [1.165, 1.54) is 31.0 Å². The Hall–Kier alpha value is -0.870. The molecule has 1 aliphatic heterocycles. The number of ether oxygens (including phenoxy) is 2. The zero-order chi connectivity index (χ0) is 17.2. The van der Waals surface area contributed by atoms with Gasteiger partial charge in [0.2, 0.25) is 0 Å². The van der Waals surface area contributed by atoms with Gasteiger partial charge in [0, 0.05) is 26.5 Å². The molecule has 9 nitrogen and oxygen atoms in total. The van der Waals surface area contributed by atoms with Crippen LogP contribution in [0.25, 0.3) is 0 Å². The number of nitrogens with one attached hydrogen (secondary N) is 1. The van der Waals surface area contributed by atoms with Crippen molar-refractivity contribution >= 4 is 18.5 Å². The van der Waals surface area contributed by atoms with E-state index in [0.29, 0.717) is 6.42 Å². The summed E-state index contributed by atoms with van der Waals surface area (Å²) in [5, 5.41) is 0. The molecule has 1 aliphatic rings. The Morgan fingerprint density at radius 2 is 2.13 bits per heavy atom. The summed E-state index contributed by atoms with van der Waals surface area (Å²) in [6.45, 7) is -1.57. The summed E-state index contributed by atoms with van der Waals surface area (Å²) < 4.78 is 22.7. The van der Waals surface area contributed by atoms with Crippen molar-refractivity contribution in [2.24, 2.45) is 0 Å². The maximum Gasteiger partial charge on any atom is 0.330 e. The van der Waals surface area contributed by atoms with Crippen LogP contribution in [0.1, 0.15) is 19.6 Å². The van der Waals surface area contributed by atoms with Crippen LogP contribution in [-0.2, 0) is 30.3 Å². The molecular formula is C12H19N2O7PS. The zero-order valence-electron chi connectivity index (χ0n) is 12.9. The summed E-state index contributed by atoms with van der Waals surface area (Å²) >= 11 is 4.88. The van der Waals surface area contributed by atoms with Crippen LogP contribution in [0.3, 0.4) is 0 Å². The van der Waals surface area contributed by atoms with Crippen molar-refractivity contribution in [3.05, 3.63) is 33.1 Å². The Morgan fingerprint density at radius 1 is 1.43 bits per heavy atom. The summed E-state index contributed by atoms with van der Waals surface area (Å²) in [6.07, 6.45) is -0.867. The second-order valence-electron chi connectivity index (χ2n) is 4.91. The molecule has 1 aromatic heterocycles. The number of aromatic nitrogens is 2. The molecule has 2 rings (SSSR count). The first kappa shape index (κ1) is 18.5. The lowest BCUT2D eigenvalue weighted by Crippen LogP contribution is -2.39. The molecule has 1 saturated heterocycles. The third-order valence-corrected chi connectivity index (χ3v) is 5.25. The molecule has 3 unspecified atom stereocenters. The lowest BCUT2D eigenvalue weighted by Gasteiger charge is -2.26. The summed E-state index contributed by atoms with van der Waals surface area (Å²) in [5.41, 5.74) is -1.14. The number of rotatable bonds is 6. The van der Waals surface area contributed by atoms with Crippen LogP contribution in [-0.4, -0.2) is 47.0 Å². The number of H-pyrrole nitrogens is 1. The molecule has 130 valence electrons. The second kappa shape index (κ2) is 7.35. The molecule has 5 atom stereocenters. The second-order valence-corrected chi connectivity index (χ2v) is 7.81. The molecule has 0 aliphatic carbocycles. The van der Waals surface area contributed by atoms with Gasteiger partial charge in [0.15, 0.2) is 6.23 Å². The molecule has 2 N–H and O–H groups in total. The van der Waals surface area contributed by atoms with Gasteiger partial charge in [-0.25, -0.2) is 4.79 Å². The fraction of sp³-hybridized carbons (Fsp3) is 0.667. The first-order valence-corrected chi connectivity index (χ1v) is 9.48. The van der Waals surface area contributed by atoms with Gasteiger partial charge in [-0.15, -0.1) is 0 Å².